The van der Waals surface area contributed by atoms with Gasteiger partial charge in [0.2, 0.25) is 0 Å². The van der Waals surface area contributed by atoms with Crippen molar-refractivity contribution >= 4 is 11.9 Å². The minimum atomic E-state index is -0.978. The number of nitrogens with two attached hydrogens (primary N) is 1. The summed E-state index contributed by atoms with van der Waals surface area (Å²) in [6, 6.07) is 9.64. The Morgan fingerprint density at radius 1 is 1.06 bits per heavy atom. The largest absolute Gasteiger partial charge is 0.478 e. The molecule has 0 radical (unpaired) electrons. The summed E-state index contributed by atoms with van der Waals surface area (Å²) in [6.45, 7) is 0. The molecule has 1 heterocycles. The van der Waals surface area contributed by atoms with Crippen LogP contribution in [0.3, 0.4) is 0 Å². The van der Waals surface area contributed by atoms with E-state index in [2.05, 4.69) is 4.98 Å². The number of pyridine rings is 1. The van der Waals surface area contributed by atoms with Gasteiger partial charge in [-0.25, -0.2) is 4.79 Å². The van der Waals surface area contributed by atoms with Crippen molar-refractivity contribution < 1.29 is 14.7 Å². The molecule has 5 heteroatoms. The molecule has 0 bridgehead atoms. The molecule has 0 aliphatic heterocycles. The number of primary amides is 1. The van der Waals surface area contributed by atoms with Crippen molar-refractivity contribution in [2.45, 2.75) is 0 Å². The Morgan fingerprint density at radius 3 is 2.28 bits per heavy atom. The third-order valence-corrected chi connectivity index (χ3v) is 2.48. The molecule has 0 saturated carbocycles. The predicted octanol–water partition coefficient (Wildman–Crippen LogP) is 1.55. The fourth-order valence-electron chi connectivity index (χ4n) is 1.55. The van der Waals surface area contributed by atoms with Gasteiger partial charge in [0.05, 0.1) is 5.56 Å². The molecule has 1 aromatic carbocycles. The van der Waals surface area contributed by atoms with Crippen LogP contribution in [0.4, 0.5) is 0 Å². The molecule has 90 valence electrons. The smallest absolute Gasteiger partial charge is 0.335 e. The number of aromatic carboxylic acids is 1. The molecule has 2 aromatic rings. The lowest BCUT2D eigenvalue weighted by molar-refractivity contribution is 0.0696. The van der Waals surface area contributed by atoms with Crippen LogP contribution < -0.4 is 5.73 Å². The van der Waals surface area contributed by atoms with E-state index in [0.29, 0.717) is 0 Å². The predicted molar refractivity (Wildman–Crippen MR) is 65.2 cm³/mol. The molecule has 0 unspecified atom stereocenters. The molecule has 0 fully saturated rings. The van der Waals surface area contributed by atoms with Crippen LogP contribution in [0.25, 0.3) is 11.1 Å². The van der Waals surface area contributed by atoms with Crippen molar-refractivity contribution in [2.75, 3.05) is 0 Å². The molecule has 0 atom stereocenters. The number of nitrogens with zero attached hydrogens (tertiary/aromatic N) is 1. The fourth-order valence-corrected chi connectivity index (χ4v) is 1.55. The van der Waals surface area contributed by atoms with Gasteiger partial charge in [0.1, 0.15) is 5.69 Å². The summed E-state index contributed by atoms with van der Waals surface area (Å²) in [4.78, 5) is 25.6. The standard InChI is InChI=1S/C13H10N2O3/c14-12(16)11-7-10(5-6-15-11)8-1-3-9(4-2-8)13(17)18/h1-7H,(H2,14,16)(H,17,18). The summed E-state index contributed by atoms with van der Waals surface area (Å²) in [7, 11) is 0. The number of carbonyl (C=O) groups is 2. The Kier molecular flexibility index (Phi) is 3.05. The van der Waals surface area contributed by atoms with Gasteiger partial charge in [-0.3, -0.25) is 9.78 Å². The minimum absolute atomic E-state index is 0.176. The number of carbonyl (C=O) groups excluding carboxylic acids is 1. The lowest BCUT2D eigenvalue weighted by Gasteiger charge is -2.03. The minimum Gasteiger partial charge on any atom is -0.478 e. The van der Waals surface area contributed by atoms with Gasteiger partial charge >= 0.3 is 5.97 Å². The number of benzene rings is 1. The van der Waals surface area contributed by atoms with Crippen molar-refractivity contribution in [1.82, 2.24) is 4.98 Å². The molecule has 0 aliphatic carbocycles. The fraction of sp³-hybridized carbons (Fsp3) is 0. The first-order valence-electron chi connectivity index (χ1n) is 5.17. The van der Waals surface area contributed by atoms with Gasteiger partial charge in [0.15, 0.2) is 0 Å². The lowest BCUT2D eigenvalue weighted by Crippen LogP contribution is -2.12. The van der Waals surface area contributed by atoms with Gasteiger partial charge in [-0.15, -0.1) is 0 Å². The van der Waals surface area contributed by atoms with Crippen LogP contribution in [0.5, 0.6) is 0 Å². The van der Waals surface area contributed by atoms with Gasteiger partial charge in [-0.2, -0.15) is 0 Å². The molecule has 0 saturated heterocycles. The molecule has 18 heavy (non-hydrogen) atoms. The maximum absolute atomic E-state index is 11.0. The number of carboxylic acids is 1. The van der Waals surface area contributed by atoms with Crippen molar-refractivity contribution in [3.05, 3.63) is 53.9 Å². The van der Waals surface area contributed by atoms with E-state index in [-0.39, 0.29) is 11.3 Å². The second kappa shape index (κ2) is 4.67. The average Bonchev–Trinajstić information content (AvgIpc) is 2.39. The van der Waals surface area contributed by atoms with E-state index in [0.717, 1.165) is 11.1 Å². The van der Waals surface area contributed by atoms with E-state index >= 15 is 0 Å². The highest BCUT2D eigenvalue weighted by Gasteiger charge is 2.06. The zero-order valence-electron chi connectivity index (χ0n) is 9.33. The number of carboxylic acid groups (broad SMARTS) is 1. The van der Waals surface area contributed by atoms with E-state index in [1.807, 2.05) is 0 Å². The Bertz CT molecular complexity index is 606. The highest BCUT2D eigenvalue weighted by molar-refractivity contribution is 5.92. The van der Waals surface area contributed by atoms with E-state index in [1.165, 1.54) is 18.3 Å². The highest BCUT2D eigenvalue weighted by atomic mass is 16.4. The summed E-state index contributed by atoms with van der Waals surface area (Å²) in [5.74, 6) is -1.58. The van der Waals surface area contributed by atoms with Crippen molar-refractivity contribution in [1.29, 1.82) is 0 Å². The molecule has 3 N–H and O–H groups in total. The Morgan fingerprint density at radius 2 is 1.72 bits per heavy atom. The van der Waals surface area contributed by atoms with Crippen LogP contribution in [0.15, 0.2) is 42.6 Å². The molecule has 1 amide bonds. The SMILES string of the molecule is NC(=O)c1cc(-c2ccc(C(=O)O)cc2)ccn1. The third-order valence-electron chi connectivity index (χ3n) is 2.48. The maximum atomic E-state index is 11.0. The van der Waals surface area contributed by atoms with Crippen molar-refractivity contribution in [3.8, 4) is 11.1 Å². The molecule has 5 nitrogen and oxygen atoms in total. The Balaban J connectivity index is 2.39. The molecule has 2 rings (SSSR count). The number of rotatable bonds is 3. The van der Waals surface area contributed by atoms with Gasteiger partial charge in [-0.1, -0.05) is 12.1 Å². The average molecular weight is 242 g/mol. The van der Waals surface area contributed by atoms with Crippen LogP contribution >= 0.6 is 0 Å². The highest BCUT2D eigenvalue weighted by Crippen LogP contribution is 2.20. The first-order chi connectivity index (χ1) is 8.58. The molecular formula is C13H10N2O3. The summed E-state index contributed by atoms with van der Waals surface area (Å²) in [6.07, 6.45) is 1.49. The van der Waals surface area contributed by atoms with Crippen LogP contribution in [-0.4, -0.2) is 22.0 Å². The summed E-state index contributed by atoms with van der Waals surface area (Å²) in [5.41, 5.74) is 7.09. The molecule has 1 aromatic heterocycles. The topological polar surface area (TPSA) is 93.3 Å². The van der Waals surface area contributed by atoms with Gasteiger partial charge in [0.25, 0.3) is 5.91 Å². The lowest BCUT2D eigenvalue weighted by atomic mass is 10.0. The summed E-state index contributed by atoms with van der Waals surface area (Å²) in [5, 5.41) is 8.79. The summed E-state index contributed by atoms with van der Waals surface area (Å²) >= 11 is 0. The van der Waals surface area contributed by atoms with Crippen LogP contribution in [0.1, 0.15) is 20.8 Å². The van der Waals surface area contributed by atoms with E-state index < -0.39 is 11.9 Å². The first-order valence-corrected chi connectivity index (χ1v) is 5.17. The maximum Gasteiger partial charge on any atom is 0.335 e. The van der Waals surface area contributed by atoms with Crippen molar-refractivity contribution in [2.24, 2.45) is 5.73 Å². The van der Waals surface area contributed by atoms with E-state index in [4.69, 9.17) is 10.8 Å². The van der Waals surface area contributed by atoms with Crippen molar-refractivity contribution in [3.63, 3.8) is 0 Å². The number of hydrogen-bond donors (Lipinski definition) is 2. The van der Waals surface area contributed by atoms with Gasteiger partial charge < -0.3 is 10.8 Å². The van der Waals surface area contributed by atoms with E-state index in [1.54, 1.807) is 24.3 Å². The van der Waals surface area contributed by atoms with Gasteiger partial charge in [0, 0.05) is 6.20 Å². The third kappa shape index (κ3) is 2.35. The summed E-state index contributed by atoms with van der Waals surface area (Å²) < 4.78 is 0. The molecule has 0 spiro atoms. The number of hydrogen-bond acceptors (Lipinski definition) is 3. The van der Waals surface area contributed by atoms with E-state index in [9.17, 15) is 9.59 Å². The van der Waals surface area contributed by atoms with Gasteiger partial charge in [-0.05, 0) is 35.4 Å². The number of amides is 1. The number of aromatic nitrogens is 1. The second-order valence-electron chi connectivity index (χ2n) is 3.68. The van der Waals surface area contributed by atoms with Crippen LogP contribution in [0.2, 0.25) is 0 Å². The zero-order valence-corrected chi connectivity index (χ0v) is 9.33. The molecule has 0 aliphatic rings. The zero-order chi connectivity index (χ0) is 13.1. The Labute approximate surface area is 103 Å². The van der Waals surface area contributed by atoms with Crippen LogP contribution in [-0.2, 0) is 0 Å². The second-order valence-corrected chi connectivity index (χ2v) is 3.68. The molecular weight excluding hydrogens is 232 g/mol. The van der Waals surface area contributed by atoms with Crippen LogP contribution in [0, 0.1) is 0 Å². The normalized spacial score (nSPS) is 10.0. The first kappa shape index (κ1) is 11.8. The Hall–Kier alpha value is -2.69. The monoisotopic (exact) mass is 242 g/mol. The quantitative estimate of drug-likeness (QED) is 0.853.